The largest absolute Gasteiger partial charge is 0.483 e. The highest BCUT2D eigenvalue weighted by Crippen LogP contribution is 2.30. The molecule has 28 heavy (non-hydrogen) atoms. The average Bonchev–Trinajstić information content (AvgIpc) is 2.63. The van der Waals surface area contributed by atoms with Gasteiger partial charge in [-0.25, -0.2) is 4.79 Å². The highest BCUT2D eigenvalue weighted by atomic mass is 16.5. The zero-order valence-electron chi connectivity index (χ0n) is 16.1. The van der Waals surface area contributed by atoms with Crippen LogP contribution in [0.1, 0.15) is 36.8 Å². The molecule has 1 saturated carbocycles. The molecule has 150 valence electrons. The smallest absolute Gasteiger partial charge is 0.336 e. The van der Waals surface area contributed by atoms with Crippen LogP contribution in [0.5, 0.6) is 5.75 Å². The molecule has 1 amide bonds. The summed E-state index contributed by atoms with van der Waals surface area (Å²) in [5.41, 5.74) is 1.62. The number of benzene rings is 1. The van der Waals surface area contributed by atoms with E-state index < -0.39 is 11.6 Å². The van der Waals surface area contributed by atoms with E-state index in [4.69, 9.17) is 14.3 Å². The number of fused-ring (bicyclic) bond motifs is 1. The molecule has 0 atom stereocenters. The van der Waals surface area contributed by atoms with Crippen LogP contribution >= 0.6 is 0 Å². The normalized spacial score (nSPS) is 19.4. The Morgan fingerprint density at radius 3 is 2.57 bits per heavy atom. The van der Waals surface area contributed by atoms with Gasteiger partial charge in [0.1, 0.15) is 11.3 Å². The van der Waals surface area contributed by atoms with Crippen molar-refractivity contribution in [3.05, 3.63) is 39.7 Å². The van der Waals surface area contributed by atoms with E-state index in [1.807, 2.05) is 13.0 Å². The van der Waals surface area contributed by atoms with Gasteiger partial charge in [-0.3, -0.25) is 9.59 Å². The van der Waals surface area contributed by atoms with E-state index in [0.29, 0.717) is 42.0 Å². The first-order valence-electron chi connectivity index (χ1n) is 9.51. The number of carbonyl (C=O) groups excluding carboxylic acids is 1. The molecule has 0 unspecified atom stereocenters. The van der Waals surface area contributed by atoms with E-state index in [2.05, 4.69) is 5.32 Å². The Labute approximate surface area is 162 Å². The Hall–Kier alpha value is -2.83. The first kappa shape index (κ1) is 19.9. The molecule has 1 heterocycles. The minimum Gasteiger partial charge on any atom is -0.483 e. The second-order valence-electron chi connectivity index (χ2n) is 7.53. The molecule has 1 aromatic carbocycles. The van der Waals surface area contributed by atoms with Gasteiger partial charge in [-0.1, -0.05) is 0 Å². The standard InChI is InChI=1S/C21H25NO6/c1-12-7-16(20-13(2)9-19(24)28-17(20)8-12)27-11-18(23)22-10-14-3-5-15(6-4-14)21(25)26/h7-9,14-15H,3-6,10-11H2,1-2H3,(H,22,23)(H,25,26). The van der Waals surface area contributed by atoms with Crippen LogP contribution in [0.25, 0.3) is 11.0 Å². The monoisotopic (exact) mass is 387 g/mol. The molecule has 0 aliphatic heterocycles. The maximum Gasteiger partial charge on any atom is 0.336 e. The lowest BCUT2D eigenvalue weighted by Crippen LogP contribution is -2.35. The Balaban J connectivity index is 1.57. The van der Waals surface area contributed by atoms with E-state index in [9.17, 15) is 14.4 Å². The molecule has 7 nitrogen and oxygen atoms in total. The highest BCUT2D eigenvalue weighted by molar-refractivity contribution is 5.88. The Kier molecular flexibility index (Phi) is 6.02. The van der Waals surface area contributed by atoms with Gasteiger partial charge in [-0.2, -0.15) is 0 Å². The van der Waals surface area contributed by atoms with Crippen LogP contribution in [-0.2, 0) is 9.59 Å². The third-order valence-corrected chi connectivity index (χ3v) is 5.29. The molecule has 1 aliphatic carbocycles. The van der Waals surface area contributed by atoms with Crippen LogP contribution in [0.2, 0.25) is 0 Å². The van der Waals surface area contributed by atoms with Crippen molar-refractivity contribution in [1.29, 1.82) is 0 Å². The van der Waals surface area contributed by atoms with Crippen molar-refractivity contribution in [1.82, 2.24) is 5.32 Å². The topological polar surface area (TPSA) is 106 Å². The summed E-state index contributed by atoms with van der Waals surface area (Å²) in [6, 6.07) is 4.98. The van der Waals surface area contributed by atoms with Crippen molar-refractivity contribution < 1.29 is 23.8 Å². The molecule has 2 N–H and O–H groups in total. The molecule has 3 rings (SSSR count). The van der Waals surface area contributed by atoms with Crippen LogP contribution < -0.4 is 15.7 Å². The maximum absolute atomic E-state index is 12.2. The van der Waals surface area contributed by atoms with Gasteiger partial charge in [-0.15, -0.1) is 0 Å². The van der Waals surface area contributed by atoms with E-state index in [1.54, 1.807) is 13.0 Å². The number of carboxylic acids is 1. The molecule has 1 fully saturated rings. The van der Waals surface area contributed by atoms with Crippen molar-refractivity contribution in [2.75, 3.05) is 13.2 Å². The summed E-state index contributed by atoms with van der Waals surface area (Å²) in [4.78, 5) is 34.8. The summed E-state index contributed by atoms with van der Waals surface area (Å²) < 4.78 is 11.0. The van der Waals surface area contributed by atoms with Crippen LogP contribution in [0.4, 0.5) is 0 Å². The van der Waals surface area contributed by atoms with Crippen LogP contribution in [0, 0.1) is 25.7 Å². The number of hydrogen-bond donors (Lipinski definition) is 2. The zero-order chi connectivity index (χ0) is 20.3. The predicted octanol–water partition coefficient (Wildman–Crippen LogP) is 2.80. The van der Waals surface area contributed by atoms with Gasteiger partial charge in [-0.05, 0) is 68.7 Å². The number of carboxylic acid groups (broad SMARTS) is 1. The minimum absolute atomic E-state index is 0.137. The second kappa shape index (κ2) is 8.46. The second-order valence-corrected chi connectivity index (χ2v) is 7.53. The summed E-state index contributed by atoms with van der Waals surface area (Å²) in [7, 11) is 0. The third-order valence-electron chi connectivity index (χ3n) is 5.29. The number of aliphatic carboxylic acids is 1. The minimum atomic E-state index is -0.729. The molecule has 1 aliphatic rings. The number of hydrogen-bond acceptors (Lipinski definition) is 5. The van der Waals surface area contributed by atoms with Gasteiger partial charge < -0.3 is 19.6 Å². The number of ether oxygens (including phenoxy) is 1. The van der Waals surface area contributed by atoms with Gasteiger partial charge in [0.2, 0.25) is 0 Å². The van der Waals surface area contributed by atoms with Crippen LogP contribution in [-0.4, -0.2) is 30.1 Å². The first-order valence-corrected chi connectivity index (χ1v) is 9.51. The number of rotatable bonds is 6. The van der Waals surface area contributed by atoms with Gasteiger partial charge in [0.25, 0.3) is 5.91 Å². The van der Waals surface area contributed by atoms with E-state index in [0.717, 1.165) is 24.0 Å². The van der Waals surface area contributed by atoms with Gasteiger partial charge in [0.15, 0.2) is 6.61 Å². The van der Waals surface area contributed by atoms with Gasteiger partial charge in [0.05, 0.1) is 11.3 Å². The van der Waals surface area contributed by atoms with Crippen LogP contribution in [0.15, 0.2) is 27.4 Å². The maximum atomic E-state index is 12.2. The molecule has 0 saturated heterocycles. The van der Waals surface area contributed by atoms with E-state index in [1.165, 1.54) is 6.07 Å². The summed E-state index contributed by atoms with van der Waals surface area (Å²) in [6.45, 7) is 4.05. The first-order chi connectivity index (χ1) is 13.3. The van der Waals surface area contributed by atoms with E-state index in [-0.39, 0.29) is 18.4 Å². The molecule has 0 bridgehead atoms. The molecule has 0 radical (unpaired) electrons. The lowest BCUT2D eigenvalue weighted by molar-refractivity contribution is -0.143. The Morgan fingerprint density at radius 2 is 1.89 bits per heavy atom. The van der Waals surface area contributed by atoms with Gasteiger partial charge in [0, 0.05) is 12.6 Å². The lowest BCUT2D eigenvalue weighted by Gasteiger charge is -2.26. The van der Waals surface area contributed by atoms with Crippen LogP contribution in [0.3, 0.4) is 0 Å². The lowest BCUT2D eigenvalue weighted by atomic mass is 9.82. The average molecular weight is 387 g/mol. The predicted molar refractivity (Wildman–Crippen MR) is 104 cm³/mol. The molecular formula is C21H25NO6. The molecule has 1 aromatic heterocycles. The molecular weight excluding hydrogens is 362 g/mol. The molecule has 2 aromatic rings. The Bertz CT molecular complexity index is 940. The van der Waals surface area contributed by atoms with Crippen molar-refractivity contribution in [3.63, 3.8) is 0 Å². The number of amides is 1. The van der Waals surface area contributed by atoms with E-state index >= 15 is 0 Å². The van der Waals surface area contributed by atoms with Crippen molar-refractivity contribution in [3.8, 4) is 5.75 Å². The fourth-order valence-corrected chi connectivity index (χ4v) is 3.76. The number of carbonyl (C=O) groups is 2. The fraction of sp³-hybridized carbons (Fsp3) is 0.476. The van der Waals surface area contributed by atoms with Crippen molar-refractivity contribution in [2.24, 2.45) is 11.8 Å². The summed E-state index contributed by atoms with van der Waals surface area (Å²) in [5.74, 6) is -0.408. The van der Waals surface area contributed by atoms with Crippen molar-refractivity contribution in [2.45, 2.75) is 39.5 Å². The summed E-state index contributed by atoms with van der Waals surface area (Å²) >= 11 is 0. The number of nitrogens with one attached hydrogen (secondary N) is 1. The SMILES string of the molecule is Cc1cc(OCC(=O)NCC2CCC(C(=O)O)CC2)c2c(C)cc(=O)oc2c1. The third kappa shape index (κ3) is 4.71. The molecule has 0 spiro atoms. The fourth-order valence-electron chi connectivity index (χ4n) is 3.76. The highest BCUT2D eigenvalue weighted by Gasteiger charge is 2.26. The summed E-state index contributed by atoms with van der Waals surface area (Å²) in [6.07, 6.45) is 2.93. The summed E-state index contributed by atoms with van der Waals surface area (Å²) in [5, 5.41) is 12.6. The quantitative estimate of drug-likeness (QED) is 0.739. The van der Waals surface area contributed by atoms with Gasteiger partial charge >= 0.3 is 11.6 Å². The zero-order valence-corrected chi connectivity index (χ0v) is 16.1. The Morgan fingerprint density at radius 1 is 1.18 bits per heavy atom. The molecule has 7 heteroatoms. The number of aryl methyl sites for hydroxylation is 2. The van der Waals surface area contributed by atoms with Crippen molar-refractivity contribution >= 4 is 22.8 Å².